The van der Waals surface area contributed by atoms with Crippen molar-refractivity contribution in [1.29, 1.82) is 0 Å². The van der Waals surface area contributed by atoms with Crippen molar-refractivity contribution in [3.63, 3.8) is 0 Å². The van der Waals surface area contributed by atoms with E-state index in [0.717, 1.165) is 4.47 Å². The van der Waals surface area contributed by atoms with Gasteiger partial charge in [0.1, 0.15) is 5.75 Å². The monoisotopic (exact) mass is 299 g/mol. The van der Waals surface area contributed by atoms with Gasteiger partial charge in [-0.25, -0.2) is 0 Å². The van der Waals surface area contributed by atoms with Crippen LogP contribution in [-0.4, -0.2) is 18.3 Å². The van der Waals surface area contributed by atoms with Crippen molar-refractivity contribution in [1.82, 2.24) is 0 Å². The molecule has 1 atom stereocenters. The summed E-state index contributed by atoms with van der Waals surface area (Å²) in [6.07, 6.45) is 0. The van der Waals surface area contributed by atoms with Crippen LogP contribution < -0.4 is 10.5 Å². The molecule has 0 aliphatic carbocycles. The van der Waals surface area contributed by atoms with Gasteiger partial charge in [-0.3, -0.25) is 9.59 Å². The van der Waals surface area contributed by atoms with Crippen LogP contribution in [0.1, 0.15) is 24.2 Å². The number of hydrogen-bond acceptors (Lipinski definition) is 3. The molecule has 4 nitrogen and oxygen atoms in total. The molecule has 0 fully saturated rings. The van der Waals surface area contributed by atoms with Gasteiger partial charge in [-0.05, 0) is 25.1 Å². The molecule has 0 saturated carbocycles. The minimum absolute atomic E-state index is 0.0840. The van der Waals surface area contributed by atoms with Crippen molar-refractivity contribution in [2.75, 3.05) is 6.61 Å². The van der Waals surface area contributed by atoms with E-state index in [4.69, 9.17) is 10.5 Å². The van der Waals surface area contributed by atoms with Crippen molar-refractivity contribution in [2.24, 2.45) is 11.7 Å². The molecule has 0 saturated heterocycles. The third kappa shape index (κ3) is 3.85. The average Bonchev–Trinajstić information content (AvgIpc) is 2.25. The number of halogens is 1. The molecule has 0 aliphatic heterocycles. The van der Waals surface area contributed by atoms with E-state index in [1.807, 2.05) is 0 Å². The molecule has 5 heteroatoms. The quantitative estimate of drug-likeness (QED) is 0.847. The van der Waals surface area contributed by atoms with Gasteiger partial charge in [-0.1, -0.05) is 22.9 Å². The zero-order valence-corrected chi connectivity index (χ0v) is 11.3. The number of carbonyl (C=O) groups is 2. The van der Waals surface area contributed by atoms with Crippen LogP contribution in [0.2, 0.25) is 0 Å². The van der Waals surface area contributed by atoms with E-state index in [9.17, 15) is 9.59 Å². The Kier molecular flexibility index (Phi) is 4.69. The highest BCUT2D eigenvalue weighted by atomic mass is 79.9. The van der Waals surface area contributed by atoms with E-state index >= 15 is 0 Å². The molecule has 0 heterocycles. The van der Waals surface area contributed by atoms with Crippen LogP contribution in [-0.2, 0) is 4.79 Å². The van der Waals surface area contributed by atoms with Gasteiger partial charge in [0.05, 0.1) is 18.1 Å². The number of carbonyl (C=O) groups excluding carboxylic acids is 2. The van der Waals surface area contributed by atoms with E-state index in [1.54, 1.807) is 25.1 Å². The Labute approximate surface area is 108 Å². The fourth-order valence-electron chi connectivity index (χ4n) is 1.20. The Morgan fingerprint density at radius 1 is 1.47 bits per heavy atom. The van der Waals surface area contributed by atoms with E-state index in [-0.39, 0.29) is 12.4 Å². The number of nitrogens with two attached hydrogens (primary N) is 1. The lowest BCUT2D eigenvalue weighted by Crippen LogP contribution is -2.26. The van der Waals surface area contributed by atoms with Crippen molar-refractivity contribution in [2.45, 2.75) is 13.8 Å². The number of Topliss-reactive ketones (excluding diaryl/α,β-unsaturated/α-hetero) is 1. The molecule has 2 N–H and O–H groups in total. The highest BCUT2D eigenvalue weighted by Crippen LogP contribution is 2.24. The molecule has 1 aromatic carbocycles. The predicted octanol–water partition coefficient (Wildman–Crippen LogP) is 2.15. The molecule has 17 heavy (non-hydrogen) atoms. The van der Waals surface area contributed by atoms with Crippen LogP contribution in [0.15, 0.2) is 22.7 Å². The standard InChI is InChI=1S/C12H14BrNO3/c1-7(12(14)16)6-17-11-5-9(13)3-4-10(11)8(2)15/h3-5,7H,6H2,1-2H3,(H2,14,16). The summed E-state index contributed by atoms with van der Waals surface area (Å²) < 4.78 is 6.26. The number of ketones is 1. The van der Waals surface area contributed by atoms with Crippen molar-refractivity contribution >= 4 is 27.6 Å². The summed E-state index contributed by atoms with van der Waals surface area (Å²) in [5.41, 5.74) is 5.62. The SMILES string of the molecule is CC(=O)c1ccc(Br)cc1OCC(C)C(N)=O. The Hall–Kier alpha value is -1.36. The number of benzene rings is 1. The Morgan fingerprint density at radius 3 is 2.65 bits per heavy atom. The van der Waals surface area contributed by atoms with Gasteiger partial charge in [0.2, 0.25) is 5.91 Å². The van der Waals surface area contributed by atoms with E-state index in [1.165, 1.54) is 6.92 Å². The molecule has 1 amide bonds. The summed E-state index contributed by atoms with van der Waals surface area (Å²) in [6, 6.07) is 5.14. The molecular formula is C12H14BrNO3. The van der Waals surface area contributed by atoms with Gasteiger partial charge in [-0.2, -0.15) is 0 Å². The van der Waals surface area contributed by atoms with E-state index in [2.05, 4.69) is 15.9 Å². The van der Waals surface area contributed by atoms with Gasteiger partial charge in [0.25, 0.3) is 0 Å². The number of primary amides is 1. The second kappa shape index (κ2) is 5.82. The first kappa shape index (κ1) is 13.7. The summed E-state index contributed by atoms with van der Waals surface area (Å²) in [5, 5.41) is 0. The van der Waals surface area contributed by atoms with Crippen molar-refractivity contribution in [3.05, 3.63) is 28.2 Å². The highest BCUT2D eigenvalue weighted by Gasteiger charge is 2.13. The summed E-state index contributed by atoms with van der Waals surface area (Å²) in [4.78, 5) is 22.2. The van der Waals surface area contributed by atoms with Crippen LogP contribution in [0.3, 0.4) is 0 Å². The Balaban J connectivity index is 2.85. The Bertz CT molecular complexity index is 445. The molecule has 1 aromatic rings. The predicted molar refractivity (Wildman–Crippen MR) is 68.0 cm³/mol. The zero-order chi connectivity index (χ0) is 13.0. The third-order valence-electron chi connectivity index (χ3n) is 2.30. The second-order valence-electron chi connectivity index (χ2n) is 3.81. The summed E-state index contributed by atoms with van der Waals surface area (Å²) >= 11 is 3.30. The lowest BCUT2D eigenvalue weighted by Gasteiger charge is -2.12. The van der Waals surface area contributed by atoms with E-state index in [0.29, 0.717) is 11.3 Å². The zero-order valence-electron chi connectivity index (χ0n) is 9.70. The third-order valence-corrected chi connectivity index (χ3v) is 2.79. The smallest absolute Gasteiger partial charge is 0.223 e. The molecule has 0 aliphatic rings. The summed E-state index contributed by atoms with van der Waals surface area (Å²) in [7, 11) is 0. The van der Waals surface area contributed by atoms with Gasteiger partial charge in [0.15, 0.2) is 5.78 Å². The fraction of sp³-hybridized carbons (Fsp3) is 0.333. The number of ether oxygens (including phenoxy) is 1. The maximum absolute atomic E-state index is 11.4. The topological polar surface area (TPSA) is 69.4 Å². The summed E-state index contributed by atoms with van der Waals surface area (Å²) in [5.74, 6) is -0.447. The van der Waals surface area contributed by atoms with Crippen LogP contribution in [0.25, 0.3) is 0 Å². The van der Waals surface area contributed by atoms with Crippen LogP contribution in [0, 0.1) is 5.92 Å². The number of amides is 1. The molecule has 1 unspecified atom stereocenters. The van der Waals surface area contributed by atoms with Gasteiger partial charge < -0.3 is 10.5 Å². The van der Waals surface area contributed by atoms with Crippen molar-refractivity contribution < 1.29 is 14.3 Å². The summed E-state index contributed by atoms with van der Waals surface area (Å²) in [6.45, 7) is 3.30. The first-order valence-electron chi connectivity index (χ1n) is 5.14. The van der Waals surface area contributed by atoms with Gasteiger partial charge in [-0.15, -0.1) is 0 Å². The van der Waals surface area contributed by atoms with Gasteiger partial charge in [0, 0.05) is 4.47 Å². The maximum atomic E-state index is 11.4. The highest BCUT2D eigenvalue weighted by molar-refractivity contribution is 9.10. The first-order valence-corrected chi connectivity index (χ1v) is 5.93. The van der Waals surface area contributed by atoms with E-state index < -0.39 is 11.8 Å². The molecular weight excluding hydrogens is 286 g/mol. The fourth-order valence-corrected chi connectivity index (χ4v) is 1.54. The van der Waals surface area contributed by atoms with Crippen LogP contribution in [0.4, 0.5) is 0 Å². The lowest BCUT2D eigenvalue weighted by atomic mass is 10.1. The van der Waals surface area contributed by atoms with Crippen LogP contribution >= 0.6 is 15.9 Å². The molecule has 0 spiro atoms. The average molecular weight is 300 g/mol. The molecule has 0 aromatic heterocycles. The lowest BCUT2D eigenvalue weighted by molar-refractivity contribution is -0.122. The molecule has 1 rings (SSSR count). The normalized spacial score (nSPS) is 11.9. The Morgan fingerprint density at radius 2 is 2.12 bits per heavy atom. The molecule has 0 bridgehead atoms. The minimum atomic E-state index is -0.427. The molecule has 92 valence electrons. The first-order chi connectivity index (χ1) is 7.91. The van der Waals surface area contributed by atoms with Gasteiger partial charge >= 0.3 is 0 Å². The largest absolute Gasteiger partial charge is 0.492 e. The van der Waals surface area contributed by atoms with Crippen LogP contribution in [0.5, 0.6) is 5.75 Å². The number of rotatable bonds is 5. The second-order valence-corrected chi connectivity index (χ2v) is 4.73. The van der Waals surface area contributed by atoms with Crippen molar-refractivity contribution in [3.8, 4) is 5.75 Å². The molecule has 0 radical (unpaired) electrons. The minimum Gasteiger partial charge on any atom is -0.492 e. The number of hydrogen-bond donors (Lipinski definition) is 1. The maximum Gasteiger partial charge on any atom is 0.223 e.